The molecule has 1 aliphatic rings. The van der Waals surface area contributed by atoms with Crippen molar-refractivity contribution in [2.75, 3.05) is 6.61 Å². The summed E-state index contributed by atoms with van der Waals surface area (Å²) in [4.78, 5) is 10.1. The number of aliphatic hydroxyl groups is 1. The van der Waals surface area contributed by atoms with Crippen LogP contribution in [-0.2, 0) is 26.6 Å². The number of aryl methyl sites for hydroxylation is 1. The van der Waals surface area contributed by atoms with Crippen molar-refractivity contribution < 1.29 is 5.11 Å². The molecule has 0 aliphatic carbocycles. The zero-order valence-corrected chi connectivity index (χ0v) is 12.7. The SMILES string of the molecule is Cn1cnc2c1C[C@H](CO)N(Cc1cccc3[nH]ccc13)C2. The summed E-state index contributed by atoms with van der Waals surface area (Å²) in [6.45, 7) is 1.80. The van der Waals surface area contributed by atoms with Crippen molar-refractivity contribution in [3.05, 3.63) is 53.7 Å². The second-order valence-corrected chi connectivity index (χ2v) is 6.05. The molecule has 1 atom stereocenters. The molecule has 4 rings (SSSR count). The van der Waals surface area contributed by atoms with Crippen LogP contribution in [0.1, 0.15) is 17.0 Å². The van der Waals surface area contributed by atoms with E-state index >= 15 is 0 Å². The fraction of sp³-hybridized carbons (Fsp3) is 0.353. The highest BCUT2D eigenvalue weighted by Crippen LogP contribution is 2.26. The third-order valence-electron chi connectivity index (χ3n) is 4.71. The molecule has 1 aliphatic heterocycles. The Morgan fingerprint density at radius 1 is 1.36 bits per heavy atom. The molecule has 1 aromatic carbocycles. The fourth-order valence-electron chi connectivity index (χ4n) is 3.44. The van der Waals surface area contributed by atoms with E-state index in [1.807, 2.05) is 19.6 Å². The fourth-order valence-corrected chi connectivity index (χ4v) is 3.44. The van der Waals surface area contributed by atoms with Crippen LogP contribution in [0.4, 0.5) is 0 Å². The van der Waals surface area contributed by atoms with Crippen molar-refractivity contribution in [1.29, 1.82) is 0 Å². The molecule has 5 nitrogen and oxygen atoms in total. The second kappa shape index (κ2) is 5.26. The van der Waals surface area contributed by atoms with Gasteiger partial charge >= 0.3 is 0 Å². The smallest absolute Gasteiger partial charge is 0.0949 e. The van der Waals surface area contributed by atoms with Gasteiger partial charge in [-0.25, -0.2) is 4.98 Å². The predicted octanol–water partition coefficient (Wildman–Crippen LogP) is 1.82. The molecule has 0 fully saturated rings. The van der Waals surface area contributed by atoms with E-state index in [1.54, 1.807) is 0 Å². The van der Waals surface area contributed by atoms with Gasteiger partial charge in [0.1, 0.15) is 0 Å². The van der Waals surface area contributed by atoms with Gasteiger partial charge in [0.15, 0.2) is 0 Å². The van der Waals surface area contributed by atoms with E-state index in [-0.39, 0.29) is 12.6 Å². The molecule has 0 saturated heterocycles. The molecule has 2 aromatic heterocycles. The number of aromatic nitrogens is 3. The zero-order chi connectivity index (χ0) is 15.1. The summed E-state index contributed by atoms with van der Waals surface area (Å²) in [6.07, 6.45) is 4.70. The maximum atomic E-state index is 9.79. The quantitative estimate of drug-likeness (QED) is 0.775. The summed E-state index contributed by atoms with van der Waals surface area (Å²) in [6, 6.07) is 8.61. The second-order valence-electron chi connectivity index (χ2n) is 6.05. The van der Waals surface area contributed by atoms with Crippen molar-refractivity contribution in [2.45, 2.75) is 25.6 Å². The average molecular weight is 296 g/mol. The Morgan fingerprint density at radius 2 is 2.27 bits per heavy atom. The van der Waals surface area contributed by atoms with Crippen LogP contribution in [0.5, 0.6) is 0 Å². The van der Waals surface area contributed by atoms with Crippen LogP contribution in [0.3, 0.4) is 0 Å². The molecule has 114 valence electrons. The normalized spacial score (nSPS) is 18.7. The van der Waals surface area contributed by atoms with E-state index in [1.165, 1.54) is 16.6 Å². The Morgan fingerprint density at radius 3 is 3.14 bits per heavy atom. The van der Waals surface area contributed by atoms with Gasteiger partial charge in [-0.05, 0) is 17.7 Å². The molecule has 0 unspecified atom stereocenters. The van der Waals surface area contributed by atoms with Gasteiger partial charge in [0.25, 0.3) is 0 Å². The maximum absolute atomic E-state index is 9.79. The molecular formula is C17H20N4O. The van der Waals surface area contributed by atoms with Crippen molar-refractivity contribution in [1.82, 2.24) is 19.4 Å². The first-order valence-electron chi connectivity index (χ1n) is 7.65. The molecule has 3 heterocycles. The minimum Gasteiger partial charge on any atom is -0.395 e. The van der Waals surface area contributed by atoms with Crippen LogP contribution in [-0.4, -0.2) is 37.2 Å². The van der Waals surface area contributed by atoms with Gasteiger partial charge in [-0.1, -0.05) is 12.1 Å². The lowest BCUT2D eigenvalue weighted by atomic mass is 10.0. The molecule has 0 radical (unpaired) electrons. The monoisotopic (exact) mass is 296 g/mol. The van der Waals surface area contributed by atoms with Crippen molar-refractivity contribution in [3.63, 3.8) is 0 Å². The van der Waals surface area contributed by atoms with Gasteiger partial charge in [-0.2, -0.15) is 0 Å². The number of hydrogen-bond acceptors (Lipinski definition) is 3. The Bertz CT molecular complexity index is 804. The molecule has 3 aromatic rings. The van der Waals surface area contributed by atoms with E-state index < -0.39 is 0 Å². The van der Waals surface area contributed by atoms with Gasteiger partial charge in [0.05, 0.1) is 18.6 Å². The number of fused-ring (bicyclic) bond motifs is 2. The van der Waals surface area contributed by atoms with Gasteiger partial charge in [0.2, 0.25) is 0 Å². The first-order chi connectivity index (χ1) is 10.8. The molecule has 0 saturated carbocycles. The molecule has 22 heavy (non-hydrogen) atoms. The number of hydrogen-bond donors (Lipinski definition) is 2. The number of rotatable bonds is 3. The Labute approximate surface area is 129 Å². The molecule has 2 N–H and O–H groups in total. The molecule has 0 bridgehead atoms. The van der Waals surface area contributed by atoms with E-state index in [9.17, 15) is 5.11 Å². The third-order valence-corrected chi connectivity index (χ3v) is 4.71. The lowest BCUT2D eigenvalue weighted by Gasteiger charge is -2.34. The number of H-pyrrole nitrogens is 1. The zero-order valence-electron chi connectivity index (χ0n) is 12.7. The summed E-state index contributed by atoms with van der Waals surface area (Å²) in [7, 11) is 2.02. The van der Waals surface area contributed by atoms with Gasteiger partial charge in [0, 0.05) is 55.4 Å². The lowest BCUT2D eigenvalue weighted by molar-refractivity contribution is 0.0971. The summed E-state index contributed by atoms with van der Waals surface area (Å²) < 4.78 is 2.07. The van der Waals surface area contributed by atoms with Crippen LogP contribution in [0.25, 0.3) is 10.9 Å². The number of benzene rings is 1. The highest BCUT2D eigenvalue weighted by Gasteiger charge is 2.28. The largest absolute Gasteiger partial charge is 0.395 e. The Hall–Kier alpha value is -2.11. The molecule has 0 spiro atoms. The lowest BCUT2D eigenvalue weighted by Crippen LogP contribution is -2.42. The summed E-state index contributed by atoms with van der Waals surface area (Å²) in [5.74, 6) is 0. The van der Waals surface area contributed by atoms with Gasteiger partial charge in [-0.15, -0.1) is 0 Å². The topological polar surface area (TPSA) is 57.1 Å². The van der Waals surface area contributed by atoms with Crippen LogP contribution < -0.4 is 0 Å². The Kier molecular flexibility index (Phi) is 3.24. The van der Waals surface area contributed by atoms with E-state index in [2.05, 4.69) is 43.7 Å². The van der Waals surface area contributed by atoms with Crippen LogP contribution in [0, 0.1) is 0 Å². The molecule has 0 amide bonds. The Balaban J connectivity index is 1.66. The first kappa shape index (κ1) is 13.5. The molecule has 5 heteroatoms. The van der Waals surface area contributed by atoms with Crippen molar-refractivity contribution in [3.8, 4) is 0 Å². The van der Waals surface area contributed by atoms with Crippen molar-refractivity contribution >= 4 is 10.9 Å². The van der Waals surface area contributed by atoms with Gasteiger partial charge in [-0.3, -0.25) is 4.90 Å². The van der Waals surface area contributed by atoms with Crippen LogP contribution in [0.2, 0.25) is 0 Å². The average Bonchev–Trinajstić information content (AvgIpc) is 3.14. The van der Waals surface area contributed by atoms with Crippen LogP contribution >= 0.6 is 0 Å². The van der Waals surface area contributed by atoms with E-state index in [0.717, 1.165) is 30.7 Å². The van der Waals surface area contributed by atoms with E-state index in [0.29, 0.717) is 0 Å². The predicted molar refractivity (Wildman–Crippen MR) is 85.3 cm³/mol. The first-order valence-corrected chi connectivity index (χ1v) is 7.65. The van der Waals surface area contributed by atoms with Crippen molar-refractivity contribution in [2.24, 2.45) is 7.05 Å². The van der Waals surface area contributed by atoms with E-state index in [4.69, 9.17) is 0 Å². The third kappa shape index (κ3) is 2.14. The number of nitrogens with one attached hydrogen (secondary N) is 1. The molecular weight excluding hydrogens is 276 g/mol. The summed E-state index contributed by atoms with van der Waals surface area (Å²) in [5, 5.41) is 11.0. The number of aliphatic hydroxyl groups excluding tert-OH is 1. The number of imidazole rings is 1. The highest BCUT2D eigenvalue weighted by atomic mass is 16.3. The number of aromatic amines is 1. The van der Waals surface area contributed by atoms with Gasteiger partial charge < -0.3 is 14.7 Å². The standard InChI is InChI=1S/C17H20N4O/c1-20-11-19-16-9-21(13(10-22)7-17(16)20)8-12-3-2-4-15-14(12)5-6-18-15/h2-6,11,13,18,22H,7-10H2,1H3/t13-/m1/s1. The maximum Gasteiger partial charge on any atom is 0.0949 e. The summed E-state index contributed by atoms with van der Waals surface area (Å²) >= 11 is 0. The minimum absolute atomic E-state index is 0.150. The summed E-state index contributed by atoms with van der Waals surface area (Å²) in [5.41, 5.74) is 4.83. The van der Waals surface area contributed by atoms with Crippen LogP contribution in [0.15, 0.2) is 36.8 Å². The minimum atomic E-state index is 0.150. The highest BCUT2D eigenvalue weighted by molar-refractivity contribution is 5.82. The number of nitrogens with zero attached hydrogens (tertiary/aromatic N) is 3.